The lowest BCUT2D eigenvalue weighted by molar-refractivity contribution is -0.123. The second-order valence-corrected chi connectivity index (χ2v) is 5.14. The normalized spacial score (nSPS) is 13.0. The third-order valence-corrected chi connectivity index (χ3v) is 3.13. The molecule has 1 saturated carbocycles. The number of benzene rings is 1. The number of rotatable bonds is 5. The Morgan fingerprint density at radius 2 is 1.82 bits per heavy atom. The van der Waals surface area contributed by atoms with Crippen LogP contribution in [0, 0.1) is 5.92 Å². The minimum atomic E-state index is -0.422. The number of amides is 2. The molecule has 7 nitrogen and oxygen atoms in total. The largest absolute Gasteiger partial charge is 0.497 e. The molecule has 1 aliphatic rings. The summed E-state index contributed by atoms with van der Waals surface area (Å²) in [5.41, 5.74) is 4.91. The molecule has 0 heterocycles. The van der Waals surface area contributed by atoms with Crippen molar-refractivity contribution in [3.8, 4) is 11.5 Å². The number of carbonyl (C=O) groups is 2. The first-order valence-corrected chi connectivity index (χ1v) is 7.16. The molecular weight excluding hydrogens is 306 g/mol. The van der Waals surface area contributed by atoms with E-state index in [2.05, 4.69) is 16.2 Å². The lowest BCUT2D eigenvalue weighted by Gasteiger charge is -2.11. The van der Waals surface area contributed by atoms with E-state index >= 15 is 0 Å². The maximum absolute atomic E-state index is 11.6. The van der Waals surface area contributed by atoms with Crippen LogP contribution in [0.4, 0.5) is 0 Å². The zero-order valence-corrected chi connectivity index (χ0v) is 12.9. The van der Waals surface area contributed by atoms with Gasteiger partial charge >= 0.3 is 0 Å². The SMILES string of the molecule is COc1ccc(OCC(=O)NC(=S)NNC(=O)C2CC2)cc1. The van der Waals surface area contributed by atoms with Crippen LogP contribution < -0.4 is 25.6 Å². The summed E-state index contributed by atoms with van der Waals surface area (Å²) < 4.78 is 10.3. The van der Waals surface area contributed by atoms with Crippen molar-refractivity contribution >= 4 is 29.1 Å². The second-order valence-electron chi connectivity index (χ2n) is 4.73. The molecule has 0 aromatic heterocycles. The summed E-state index contributed by atoms with van der Waals surface area (Å²) in [6, 6.07) is 6.84. The molecule has 22 heavy (non-hydrogen) atoms. The monoisotopic (exact) mass is 323 g/mol. The van der Waals surface area contributed by atoms with Crippen LogP contribution in [0.3, 0.4) is 0 Å². The molecule has 8 heteroatoms. The predicted octanol–water partition coefficient (Wildman–Crippen LogP) is 0.506. The van der Waals surface area contributed by atoms with Gasteiger partial charge in [0.05, 0.1) is 7.11 Å². The van der Waals surface area contributed by atoms with Gasteiger partial charge in [0, 0.05) is 5.92 Å². The van der Waals surface area contributed by atoms with Gasteiger partial charge in [-0.1, -0.05) is 0 Å². The van der Waals surface area contributed by atoms with Crippen molar-refractivity contribution in [2.75, 3.05) is 13.7 Å². The van der Waals surface area contributed by atoms with E-state index in [1.54, 1.807) is 31.4 Å². The number of ether oxygens (including phenoxy) is 2. The number of methoxy groups -OCH3 is 1. The molecule has 118 valence electrons. The second kappa shape index (κ2) is 7.60. The van der Waals surface area contributed by atoms with E-state index in [9.17, 15) is 9.59 Å². The zero-order chi connectivity index (χ0) is 15.9. The Labute approximate surface area is 133 Å². The summed E-state index contributed by atoms with van der Waals surface area (Å²) in [6.07, 6.45) is 1.78. The number of hydrogen-bond donors (Lipinski definition) is 3. The minimum absolute atomic E-state index is 0.0253. The molecule has 1 fully saturated rings. The molecule has 0 atom stereocenters. The average molecular weight is 323 g/mol. The van der Waals surface area contributed by atoms with Crippen molar-refractivity contribution < 1.29 is 19.1 Å². The summed E-state index contributed by atoms with van der Waals surface area (Å²) in [6.45, 7) is -0.190. The van der Waals surface area contributed by atoms with Gasteiger partial charge in [0.15, 0.2) is 11.7 Å². The van der Waals surface area contributed by atoms with Crippen LogP contribution in [0.25, 0.3) is 0 Å². The molecule has 0 spiro atoms. The van der Waals surface area contributed by atoms with Crippen molar-refractivity contribution in [1.82, 2.24) is 16.2 Å². The summed E-state index contributed by atoms with van der Waals surface area (Å²) >= 11 is 4.89. The van der Waals surface area contributed by atoms with Crippen LogP contribution in [-0.4, -0.2) is 30.6 Å². The molecule has 2 rings (SSSR count). The average Bonchev–Trinajstić information content (AvgIpc) is 3.36. The maximum Gasteiger partial charge on any atom is 0.264 e. The van der Waals surface area contributed by atoms with Crippen molar-refractivity contribution in [3.63, 3.8) is 0 Å². The van der Waals surface area contributed by atoms with Gasteiger partial charge in [0.2, 0.25) is 5.91 Å². The van der Waals surface area contributed by atoms with E-state index in [-0.39, 0.29) is 23.5 Å². The molecule has 0 unspecified atom stereocenters. The third-order valence-electron chi connectivity index (χ3n) is 2.93. The number of carbonyl (C=O) groups excluding carboxylic acids is 2. The number of thiocarbonyl (C=S) groups is 1. The van der Waals surface area contributed by atoms with Gasteiger partial charge in [0.25, 0.3) is 5.91 Å². The molecule has 1 aromatic rings. The fourth-order valence-corrected chi connectivity index (χ4v) is 1.75. The van der Waals surface area contributed by atoms with Gasteiger partial charge in [-0.05, 0) is 49.3 Å². The van der Waals surface area contributed by atoms with Gasteiger partial charge < -0.3 is 9.47 Å². The molecule has 1 aromatic carbocycles. The molecular formula is C14H17N3O4S. The van der Waals surface area contributed by atoms with Gasteiger partial charge in [-0.15, -0.1) is 0 Å². The number of hydrogen-bond acceptors (Lipinski definition) is 5. The van der Waals surface area contributed by atoms with E-state index in [1.807, 2.05) is 0 Å². The zero-order valence-electron chi connectivity index (χ0n) is 12.0. The Kier molecular flexibility index (Phi) is 5.54. The highest BCUT2D eigenvalue weighted by molar-refractivity contribution is 7.80. The van der Waals surface area contributed by atoms with E-state index in [0.717, 1.165) is 12.8 Å². The van der Waals surface area contributed by atoms with Crippen LogP contribution in [-0.2, 0) is 9.59 Å². The van der Waals surface area contributed by atoms with Crippen molar-refractivity contribution in [2.24, 2.45) is 5.92 Å². The van der Waals surface area contributed by atoms with Gasteiger partial charge in [-0.25, -0.2) is 0 Å². The van der Waals surface area contributed by atoms with Gasteiger partial charge in [0.1, 0.15) is 11.5 Å². The van der Waals surface area contributed by atoms with Crippen LogP contribution in [0.5, 0.6) is 11.5 Å². The molecule has 2 amide bonds. The Morgan fingerprint density at radius 3 is 2.41 bits per heavy atom. The third kappa shape index (κ3) is 5.21. The Bertz CT molecular complexity index is 558. The van der Waals surface area contributed by atoms with E-state index in [4.69, 9.17) is 21.7 Å². The fourth-order valence-electron chi connectivity index (χ4n) is 1.58. The van der Waals surface area contributed by atoms with Crippen molar-refractivity contribution in [2.45, 2.75) is 12.8 Å². The van der Waals surface area contributed by atoms with Crippen LogP contribution >= 0.6 is 12.2 Å². The Balaban J connectivity index is 1.65. The first-order chi connectivity index (χ1) is 10.6. The first kappa shape index (κ1) is 16.0. The molecule has 3 N–H and O–H groups in total. The molecule has 1 aliphatic carbocycles. The minimum Gasteiger partial charge on any atom is -0.497 e. The lowest BCUT2D eigenvalue weighted by Crippen LogP contribution is -2.49. The van der Waals surface area contributed by atoms with E-state index in [0.29, 0.717) is 11.5 Å². The highest BCUT2D eigenvalue weighted by atomic mass is 32.1. The smallest absolute Gasteiger partial charge is 0.264 e. The van der Waals surface area contributed by atoms with Crippen LogP contribution in [0.1, 0.15) is 12.8 Å². The summed E-state index contributed by atoms with van der Waals surface area (Å²) in [5, 5.41) is 2.43. The van der Waals surface area contributed by atoms with E-state index < -0.39 is 5.91 Å². The van der Waals surface area contributed by atoms with Crippen LogP contribution in [0.2, 0.25) is 0 Å². The van der Waals surface area contributed by atoms with Crippen molar-refractivity contribution in [3.05, 3.63) is 24.3 Å². The highest BCUT2D eigenvalue weighted by Crippen LogP contribution is 2.28. The summed E-state index contributed by atoms with van der Waals surface area (Å²) in [7, 11) is 1.57. The molecule has 0 aliphatic heterocycles. The van der Waals surface area contributed by atoms with E-state index in [1.165, 1.54) is 0 Å². The molecule has 0 bridgehead atoms. The standard InChI is InChI=1S/C14H17N3O4S/c1-20-10-4-6-11(7-5-10)21-8-12(18)15-14(22)17-16-13(19)9-2-3-9/h4-7,9H,2-3,8H2,1H3,(H,16,19)(H2,15,17,18,22). The van der Waals surface area contributed by atoms with Gasteiger partial charge in [-0.3, -0.25) is 25.8 Å². The fraction of sp³-hybridized carbons (Fsp3) is 0.357. The van der Waals surface area contributed by atoms with Crippen LogP contribution in [0.15, 0.2) is 24.3 Å². The maximum atomic E-state index is 11.6. The summed E-state index contributed by atoms with van der Waals surface area (Å²) in [5.74, 6) is 0.759. The number of hydrazine groups is 1. The topological polar surface area (TPSA) is 88.7 Å². The lowest BCUT2D eigenvalue weighted by atomic mass is 10.3. The summed E-state index contributed by atoms with van der Waals surface area (Å²) in [4.78, 5) is 23.0. The molecule has 0 radical (unpaired) electrons. The Hall–Kier alpha value is -2.35. The highest BCUT2D eigenvalue weighted by Gasteiger charge is 2.29. The predicted molar refractivity (Wildman–Crippen MR) is 83.2 cm³/mol. The Morgan fingerprint density at radius 1 is 1.18 bits per heavy atom. The van der Waals surface area contributed by atoms with Crippen molar-refractivity contribution in [1.29, 1.82) is 0 Å². The first-order valence-electron chi connectivity index (χ1n) is 6.75. The molecule has 0 saturated heterocycles. The van der Waals surface area contributed by atoms with Gasteiger partial charge in [-0.2, -0.15) is 0 Å². The number of nitrogens with one attached hydrogen (secondary N) is 3. The quantitative estimate of drug-likeness (QED) is 0.540.